The van der Waals surface area contributed by atoms with Gasteiger partial charge < -0.3 is 5.73 Å². The van der Waals surface area contributed by atoms with Gasteiger partial charge >= 0.3 is 0 Å². The van der Waals surface area contributed by atoms with Gasteiger partial charge in [0, 0.05) is 25.3 Å². The first-order valence-corrected chi connectivity index (χ1v) is 7.30. The lowest BCUT2D eigenvalue weighted by Gasteiger charge is -2.35. The van der Waals surface area contributed by atoms with Crippen LogP contribution in [-0.4, -0.2) is 33.8 Å². The number of likely N-dealkylation sites (tertiary alicyclic amines) is 1. The van der Waals surface area contributed by atoms with E-state index in [9.17, 15) is 0 Å². The van der Waals surface area contributed by atoms with Crippen molar-refractivity contribution in [3.05, 3.63) is 18.0 Å². The minimum atomic E-state index is 0.675. The Bertz CT molecular complexity index is 345. The molecular formula is C14H26N4. The summed E-state index contributed by atoms with van der Waals surface area (Å²) in [6, 6.07) is 2.83. The van der Waals surface area contributed by atoms with Crippen LogP contribution < -0.4 is 5.73 Å². The van der Waals surface area contributed by atoms with Crippen molar-refractivity contribution < 1.29 is 0 Å². The Morgan fingerprint density at radius 2 is 2.33 bits per heavy atom. The average molecular weight is 250 g/mol. The van der Waals surface area contributed by atoms with E-state index >= 15 is 0 Å². The Morgan fingerprint density at radius 1 is 1.44 bits per heavy atom. The van der Waals surface area contributed by atoms with Gasteiger partial charge in [-0.3, -0.25) is 9.58 Å². The number of aryl methyl sites for hydroxylation is 1. The number of aromatic nitrogens is 2. The third-order valence-corrected chi connectivity index (χ3v) is 3.85. The second kappa shape index (κ2) is 6.90. The van der Waals surface area contributed by atoms with Crippen LogP contribution in [0.5, 0.6) is 0 Å². The molecule has 2 N–H and O–H groups in total. The molecule has 2 rings (SSSR count). The summed E-state index contributed by atoms with van der Waals surface area (Å²) in [4.78, 5) is 2.60. The minimum absolute atomic E-state index is 0.675. The number of piperidine rings is 1. The van der Waals surface area contributed by atoms with Gasteiger partial charge in [-0.05, 0) is 44.8 Å². The first-order chi connectivity index (χ1) is 8.85. The molecule has 1 aromatic rings. The second-order valence-corrected chi connectivity index (χ2v) is 5.24. The second-order valence-electron chi connectivity index (χ2n) is 5.24. The summed E-state index contributed by atoms with van der Waals surface area (Å²) >= 11 is 0. The van der Waals surface area contributed by atoms with Gasteiger partial charge in [0.2, 0.25) is 0 Å². The Labute approximate surface area is 110 Å². The maximum Gasteiger partial charge on any atom is 0.0524 e. The summed E-state index contributed by atoms with van der Waals surface area (Å²) in [5, 5.41) is 4.41. The Hall–Kier alpha value is -0.870. The molecule has 1 aromatic heterocycles. The van der Waals surface area contributed by atoms with Crippen LogP contribution >= 0.6 is 0 Å². The number of nitrogens with zero attached hydrogens (tertiary/aromatic N) is 3. The minimum Gasteiger partial charge on any atom is -0.330 e. The largest absolute Gasteiger partial charge is 0.330 e. The summed E-state index contributed by atoms with van der Waals surface area (Å²) in [6.45, 7) is 6.27. The predicted molar refractivity (Wildman–Crippen MR) is 74.2 cm³/mol. The standard InChI is InChI=1S/C14H26N4/c1-2-10-18-14(7-9-16-18)12-17-11-4-3-5-13(17)6-8-15/h7,9,13H,2-6,8,10-12,15H2,1H3. The predicted octanol–water partition coefficient (Wildman–Crippen LogP) is 2.00. The monoisotopic (exact) mass is 250 g/mol. The van der Waals surface area contributed by atoms with Crippen LogP contribution in [0.15, 0.2) is 12.3 Å². The van der Waals surface area contributed by atoms with Gasteiger partial charge in [-0.15, -0.1) is 0 Å². The van der Waals surface area contributed by atoms with Crippen molar-refractivity contribution in [3.63, 3.8) is 0 Å². The summed E-state index contributed by atoms with van der Waals surface area (Å²) < 4.78 is 2.15. The molecule has 1 aliphatic heterocycles. The van der Waals surface area contributed by atoms with Crippen molar-refractivity contribution in [1.82, 2.24) is 14.7 Å². The van der Waals surface area contributed by atoms with E-state index in [1.807, 2.05) is 6.20 Å². The summed E-state index contributed by atoms with van der Waals surface area (Å²) in [6.07, 6.45) is 8.17. The molecule has 102 valence electrons. The van der Waals surface area contributed by atoms with E-state index < -0.39 is 0 Å². The first kappa shape index (κ1) is 13.6. The van der Waals surface area contributed by atoms with Crippen LogP contribution in [0.25, 0.3) is 0 Å². The van der Waals surface area contributed by atoms with Crippen LogP contribution in [0.2, 0.25) is 0 Å². The molecule has 0 spiro atoms. The molecule has 1 unspecified atom stereocenters. The zero-order chi connectivity index (χ0) is 12.8. The highest BCUT2D eigenvalue weighted by molar-refractivity contribution is 5.01. The van der Waals surface area contributed by atoms with Gasteiger partial charge in [0.15, 0.2) is 0 Å². The quantitative estimate of drug-likeness (QED) is 0.840. The van der Waals surface area contributed by atoms with E-state index in [0.717, 1.165) is 32.5 Å². The third kappa shape index (κ3) is 3.33. The van der Waals surface area contributed by atoms with Crippen molar-refractivity contribution in [2.75, 3.05) is 13.1 Å². The molecule has 0 aromatic carbocycles. The molecule has 4 nitrogen and oxygen atoms in total. The zero-order valence-corrected chi connectivity index (χ0v) is 11.5. The number of rotatable bonds is 6. The number of hydrogen-bond donors (Lipinski definition) is 1. The maximum absolute atomic E-state index is 5.73. The van der Waals surface area contributed by atoms with Crippen LogP contribution in [-0.2, 0) is 13.1 Å². The molecule has 0 amide bonds. The van der Waals surface area contributed by atoms with Crippen LogP contribution in [0.4, 0.5) is 0 Å². The molecule has 1 atom stereocenters. The van der Waals surface area contributed by atoms with Crippen molar-refractivity contribution in [2.24, 2.45) is 5.73 Å². The lowest BCUT2D eigenvalue weighted by atomic mass is 9.99. The van der Waals surface area contributed by atoms with Gasteiger partial charge in [0.1, 0.15) is 0 Å². The normalized spacial score (nSPS) is 21.3. The third-order valence-electron chi connectivity index (χ3n) is 3.85. The van der Waals surface area contributed by atoms with E-state index in [1.165, 1.54) is 31.5 Å². The van der Waals surface area contributed by atoms with Gasteiger partial charge in [-0.1, -0.05) is 13.3 Å². The van der Waals surface area contributed by atoms with Gasteiger partial charge in [-0.2, -0.15) is 5.10 Å². The van der Waals surface area contributed by atoms with Crippen molar-refractivity contribution in [2.45, 2.75) is 58.2 Å². The Kier molecular flexibility index (Phi) is 5.20. The molecule has 1 saturated heterocycles. The fraction of sp³-hybridized carbons (Fsp3) is 0.786. The number of hydrogen-bond acceptors (Lipinski definition) is 3. The highest BCUT2D eigenvalue weighted by Crippen LogP contribution is 2.21. The first-order valence-electron chi connectivity index (χ1n) is 7.30. The molecule has 0 aliphatic carbocycles. The maximum atomic E-state index is 5.73. The SMILES string of the molecule is CCCn1nccc1CN1CCCCC1CCN. The molecular weight excluding hydrogens is 224 g/mol. The molecule has 0 saturated carbocycles. The summed E-state index contributed by atoms with van der Waals surface area (Å²) in [5.74, 6) is 0. The summed E-state index contributed by atoms with van der Waals surface area (Å²) in [5.41, 5.74) is 7.08. The highest BCUT2D eigenvalue weighted by atomic mass is 15.3. The molecule has 18 heavy (non-hydrogen) atoms. The van der Waals surface area contributed by atoms with Crippen molar-refractivity contribution in [1.29, 1.82) is 0 Å². The molecule has 0 bridgehead atoms. The van der Waals surface area contributed by atoms with Crippen LogP contribution in [0, 0.1) is 0 Å². The fourth-order valence-corrected chi connectivity index (χ4v) is 2.90. The van der Waals surface area contributed by atoms with Gasteiger partial charge in [0.05, 0.1) is 5.69 Å². The van der Waals surface area contributed by atoms with E-state index in [4.69, 9.17) is 5.73 Å². The fourth-order valence-electron chi connectivity index (χ4n) is 2.90. The van der Waals surface area contributed by atoms with Crippen molar-refractivity contribution in [3.8, 4) is 0 Å². The molecule has 4 heteroatoms. The lowest BCUT2D eigenvalue weighted by Crippen LogP contribution is -2.40. The molecule has 0 radical (unpaired) electrons. The summed E-state index contributed by atoms with van der Waals surface area (Å²) in [7, 11) is 0. The van der Waals surface area contributed by atoms with Gasteiger partial charge in [0.25, 0.3) is 0 Å². The molecule has 1 fully saturated rings. The van der Waals surface area contributed by atoms with Crippen molar-refractivity contribution >= 4 is 0 Å². The number of nitrogens with two attached hydrogens (primary N) is 1. The van der Waals surface area contributed by atoms with Gasteiger partial charge in [-0.25, -0.2) is 0 Å². The van der Waals surface area contributed by atoms with Crippen LogP contribution in [0.1, 0.15) is 44.7 Å². The molecule has 1 aliphatic rings. The van der Waals surface area contributed by atoms with E-state index in [0.29, 0.717) is 6.04 Å². The molecule has 2 heterocycles. The Balaban J connectivity index is 1.99. The lowest BCUT2D eigenvalue weighted by molar-refractivity contribution is 0.130. The smallest absolute Gasteiger partial charge is 0.0524 e. The van der Waals surface area contributed by atoms with E-state index in [2.05, 4.69) is 27.7 Å². The average Bonchev–Trinajstić information content (AvgIpc) is 2.80. The van der Waals surface area contributed by atoms with Crippen LogP contribution in [0.3, 0.4) is 0 Å². The Morgan fingerprint density at radius 3 is 3.11 bits per heavy atom. The van der Waals surface area contributed by atoms with E-state index in [-0.39, 0.29) is 0 Å². The topological polar surface area (TPSA) is 47.1 Å². The zero-order valence-electron chi connectivity index (χ0n) is 11.5. The highest BCUT2D eigenvalue weighted by Gasteiger charge is 2.22. The van der Waals surface area contributed by atoms with E-state index in [1.54, 1.807) is 0 Å².